The van der Waals surface area contributed by atoms with Crippen molar-refractivity contribution in [3.63, 3.8) is 0 Å². The second-order valence-corrected chi connectivity index (χ2v) is 7.18. The fraction of sp³-hybridized carbons (Fsp3) is 0.312. The molecule has 0 bridgehead atoms. The van der Waals surface area contributed by atoms with Crippen LogP contribution in [0.15, 0.2) is 45.9 Å². The topological polar surface area (TPSA) is 88.9 Å². The molecule has 0 atom stereocenters. The van der Waals surface area contributed by atoms with E-state index in [0.717, 1.165) is 0 Å². The van der Waals surface area contributed by atoms with Crippen molar-refractivity contribution in [2.75, 3.05) is 20.7 Å². The quantitative estimate of drug-likeness (QED) is 0.816. The lowest BCUT2D eigenvalue weighted by Crippen LogP contribution is -2.27. The standard InChI is InChI=1S/C16H20N2O5S/c1-12-9-14(6-7-15(12)23-11-16(19)18(2)3)24(20,21)17-10-13-5-4-8-22-13/h4-9,17H,10-11H2,1-3H3. The van der Waals surface area contributed by atoms with Crippen LogP contribution in [0.4, 0.5) is 0 Å². The van der Waals surface area contributed by atoms with Gasteiger partial charge in [-0.2, -0.15) is 0 Å². The van der Waals surface area contributed by atoms with Crippen molar-refractivity contribution < 1.29 is 22.4 Å². The van der Waals surface area contributed by atoms with Crippen molar-refractivity contribution in [2.24, 2.45) is 0 Å². The van der Waals surface area contributed by atoms with E-state index in [0.29, 0.717) is 17.1 Å². The summed E-state index contributed by atoms with van der Waals surface area (Å²) in [7, 11) is -0.385. The second kappa shape index (κ2) is 7.50. The van der Waals surface area contributed by atoms with E-state index in [1.54, 1.807) is 39.2 Å². The van der Waals surface area contributed by atoms with Crippen LogP contribution >= 0.6 is 0 Å². The van der Waals surface area contributed by atoms with Crippen molar-refractivity contribution in [1.29, 1.82) is 0 Å². The van der Waals surface area contributed by atoms with Gasteiger partial charge in [0.15, 0.2) is 6.61 Å². The molecular formula is C16H20N2O5S. The van der Waals surface area contributed by atoms with Crippen LogP contribution in [0.3, 0.4) is 0 Å². The van der Waals surface area contributed by atoms with Crippen molar-refractivity contribution in [3.8, 4) is 5.75 Å². The van der Waals surface area contributed by atoms with Crippen LogP contribution in [0.2, 0.25) is 0 Å². The summed E-state index contributed by atoms with van der Waals surface area (Å²) in [5.41, 5.74) is 0.627. The first-order valence-corrected chi connectivity index (χ1v) is 8.73. The lowest BCUT2D eigenvalue weighted by Gasteiger charge is -2.13. The Morgan fingerprint density at radius 2 is 2.04 bits per heavy atom. The van der Waals surface area contributed by atoms with Gasteiger partial charge in [-0.15, -0.1) is 0 Å². The Labute approximate surface area is 141 Å². The van der Waals surface area contributed by atoms with Crippen molar-refractivity contribution in [2.45, 2.75) is 18.4 Å². The van der Waals surface area contributed by atoms with Gasteiger partial charge >= 0.3 is 0 Å². The summed E-state index contributed by atoms with van der Waals surface area (Å²) in [6, 6.07) is 7.86. The molecule has 0 spiro atoms. The fourth-order valence-electron chi connectivity index (χ4n) is 1.88. The molecule has 1 aromatic carbocycles. The number of nitrogens with zero attached hydrogens (tertiary/aromatic N) is 1. The third-order valence-electron chi connectivity index (χ3n) is 3.32. The van der Waals surface area contributed by atoms with Gasteiger partial charge in [0.2, 0.25) is 10.0 Å². The zero-order chi connectivity index (χ0) is 17.7. The minimum Gasteiger partial charge on any atom is -0.483 e. The molecule has 0 aliphatic rings. The van der Waals surface area contributed by atoms with E-state index in [1.165, 1.54) is 23.3 Å². The normalized spacial score (nSPS) is 11.3. The molecule has 1 aromatic heterocycles. The van der Waals surface area contributed by atoms with Gasteiger partial charge in [-0.25, -0.2) is 13.1 Å². The molecule has 1 N–H and O–H groups in total. The number of hydrogen-bond acceptors (Lipinski definition) is 5. The molecule has 0 aliphatic heterocycles. The Balaban J connectivity index is 2.06. The zero-order valence-corrected chi connectivity index (χ0v) is 14.6. The Bertz CT molecular complexity index is 798. The zero-order valence-electron chi connectivity index (χ0n) is 13.8. The number of nitrogens with one attached hydrogen (secondary N) is 1. The molecule has 0 aliphatic carbocycles. The summed E-state index contributed by atoms with van der Waals surface area (Å²) in [5.74, 6) is 0.818. The number of carbonyl (C=O) groups excluding carboxylic acids is 1. The molecule has 0 saturated heterocycles. The molecule has 1 heterocycles. The number of furan rings is 1. The predicted molar refractivity (Wildman–Crippen MR) is 88.1 cm³/mol. The van der Waals surface area contributed by atoms with Gasteiger partial charge in [0, 0.05) is 14.1 Å². The van der Waals surface area contributed by atoms with E-state index in [9.17, 15) is 13.2 Å². The summed E-state index contributed by atoms with van der Waals surface area (Å²) in [6.07, 6.45) is 1.48. The minimum atomic E-state index is -3.66. The Hall–Kier alpha value is -2.32. The van der Waals surface area contributed by atoms with E-state index < -0.39 is 10.0 Å². The van der Waals surface area contributed by atoms with Crippen LogP contribution in [0, 0.1) is 6.92 Å². The van der Waals surface area contributed by atoms with Gasteiger partial charge in [-0.1, -0.05) is 0 Å². The van der Waals surface area contributed by atoms with Crippen molar-refractivity contribution in [3.05, 3.63) is 47.9 Å². The van der Waals surface area contributed by atoms with Crippen molar-refractivity contribution in [1.82, 2.24) is 9.62 Å². The predicted octanol–water partition coefficient (Wildman–Crippen LogP) is 1.53. The maximum atomic E-state index is 12.3. The Morgan fingerprint density at radius 1 is 1.29 bits per heavy atom. The fourth-order valence-corrected chi connectivity index (χ4v) is 2.96. The molecule has 24 heavy (non-hydrogen) atoms. The second-order valence-electron chi connectivity index (χ2n) is 5.41. The van der Waals surface area contributed by atoms with Crippen LogP contribution in [0.25, 0.3) is 0 Å². The van der Waals surface area contributed by atoms with Crippen LogP contribution in [0.1, 0.15) is 11.3 Å². The first-order valence-electron chi connectivity index (χ1n) is 7.25. The highest BCUT2D eigenvalue weighted by molar-refractivity contribution is 7.89. The maximum Gasteiger partial charge on any atom is 0.259 e. The lowest BCUT2D eigenvalue weighted by molar-refractivity contribution is -0.130. The number of carbonyl (C=O) groups is 1. The third kappa shape index (κ3) is 4.59. The highest BCUT2D eigenvalue weighted by Crippen LogP contribution is 2.22. The maximum absolute atomic E-state index is 12.3. The summed E-state index contributed by atoms with van der Waals surface area (Å²) >= 11 is 0. The molecule has 130 valence electrons. The number of aryl methyl sites for hydroxylation is 1. The number of ether oxygens (including phenoxy) is 1. The van der Waals surface area contributed by atoms with Crippen LogP contribution in [-0.4, -0.2) is 39.9 Å². The molecule has 0 radical (unpaired) electrons. The van der Waals surface area contributed by atoms with Gasteiger partial charge in [0.25, 0.3) is 5.91 Å². The van der Waals surface area contributed by atoms with E-state index in [4.69, 9.17) is 9.15 Å². The van der Waals surface area contributed by atoms with Crippen LogP contribution in [-0.2, 0) is 21.4 Å². The summed E-state index contributed by atoms with van der Waals surface area (Å²) in [4.78, 5) is 13.1. The average molecular weight is 352 g/mol. The molecular weight excluding hydrogens is 332 g/mol. The van der Waals surface area contributed by atoms with Gasteiger partial charge < -0.3 is 14.1 Å². The van der Waals surface area contributed by atoms with Gasteiger partial charge in [0.05, 0.1) is 17.7 Å². The molecule has 2 rings (SSSR count). The highest BCUT2D eigenvalue weighted by atomic mass is 32.2. The SMILES string of the molecule is Cc1cc(S(=O)(=O)NCc2ccco2)ccc1OCC(=O)N(C)C. The monoisotopic (exact) mass is 352 g/mol. The number of sulfonamides is 1. The van der Waals surface area contributed by atoms with E-state index in [-0.39, 0.29) is 24.0 Å². The molecule has 2 aromatic rings. The Kier molecular flexibility index (Phi) is 5.63. The molecule has 8 heteroatoms. The molecule has 0 fully saturated rings. The third-order valence-corrected chi connectivity index (χ3v) is 4.72. The van der Waals surface area contributed by atoms with Crippen molar-refractivity contribution >= 4 is 15.9 Å². The largest absolute Gasteiger partial charge is 0.483 e. The Morgan fingerprint density at radius 3 is 2.62 bits per heavy atom. The first-order chi connectivity index (χ1) is 11.3. The summed E-state index contributed by atoms with van der Waals surface area (Å²) in [5, 5.41) is 0. The van der Waals surface area contributed by atoms with Crippen LogP contribution in [0.5, 0.6) is 5.75 Å². The van der Waals surface area contributed by atoms with Gasteiger partial charge in [-0.3, -0.25) is 4.79 Å². The highest BCUT2D eigenvalue weighted by Gasteiger charge is 2.16. The van der Waals surface area contributed by atoms with E-state index in [1.807, 2.05) is 0 Å². The van der Waals surface area contributed by atoms with Gasteiger partial charge in [0.1, 0.15) is 11.5 Å². The molecule has 0 unspecified atom stereocenters. The minimum absolute atomic E-state index is 0.0734. The number of amides is 1. The summed E-state index contributed by atoms with van der Waals surface area (Å²) in [6.45, 7) is 1.70. The average Bonchev–Trinajstić information content (AvgIpc) is 3.04. The number of likely N-dealkylation sites (N-methyl/N-ethyl adjacent to an activating group) is 1. The molecule has 1 amide bonds. The van der Waals surface area contributed by atoms with Gasteiger partial charge in [-0.05, 0) is 42.8 Å². The lowest BCUT2D eigenvalue weighted by atomic mass is 10.2. The number of benzene rings is 1. The van der Waals surface area contributed by atoms with Crippen LogP contribution < -0.4 is 9.46 Å². The van der Waals surface area contributed by atoms with E-state index in [2.05, 4.69) is 4.72 Å². The molecule has 7 nitrogen and oxygen atoms in total. The first kappa shape index (κ1) is 18.0. The molecule has 0 saturated carbocycles. The smallest absolute Gasteiger partial charge is 0.259 e. The number of rotatable bonds is 7. The van der Waals surface area contributed by atoms with E-state index >= 15 is 0 Å². The summed E-state index contributed by atoms with van der Waals surface area (Å²) < 4.78 is 37.6. The number of hydrogen-bond donors (Lipinski definition) is 1.